The third-order valence-corrected chi connectivity index (χ3v) is 9.57. The lowest BCUT2D eigenvalue weighted by Gasteiger charge is -2.23. The van der Waals surface area contributed by atoms with Crippen LogP contribution in [0.15, 0.2) is 47.9 Å². The first-order valence-corrected chi connectivity index (χ1v) is 15.9. The average molecular weight is 585 g/mol. The molecule has 0 heterocycles. The van der Waals surface area contributed by atoms with Gasteiger partial charge in [0.05, 0.1) is 66.1 Å². The number of rotatable bonds is 14. The number of hydrogen-bond acceptors (Lipinski definition) is 9. The second-order valence-corrected chi connectivity index (χ2v) is 13.8. The van der Waals surface area contributed by atoms with E-state index in [2.05, 4.69) is 30.9 Å². The lowest BCUT2D eigenvalue weighted by Crippen LogP contribution is -2.39. The molecule has 0 aliphatic carbocycles. The van der Waals surface area contributed by atoms with Crippen LogP contribution in [0.25, 0.3) is 16.8 Å². The second-order valence-electron chi connectivity index (χ2n) is 9.46. The van der Waals surface area contributed by atoms with E-state index >= 15 is 0 Å². The fraction of sp³-hybridized carbons (Fsp3) is 0.355. The first-order chi connectivity index (χ1) is 19.7. The third kappa shape index (κ3) is 6.49. The number of methoxy groups -OCH3 is 8. The Hall–Kier alpha value is -4.02. The number of fused-ring (bicyclic) bond motifs is 1. The van der Waals surface area contributed by atoms with Crippen LogP contribution in [0.2, 0.25) is 13.1 Å². The predicted octanol–water partition coefficient (Wildman–Crippen LogP) is 5.57. The molecule has 0 aromatic heterocycles. The van der Waals surface area contributed by atoms with Gasteiger partial charge in [-0.05, 0) is 24.3 Å². The minimum atomic E-state index is -1.98. The highest BCUT2D eigenvalue weighted by molar-refractivity contribution is 6.94. The molecule has 3 aromatic carbocycles. The van der Waals surface area contributed by atoms with E-state index in [0.29, 0.717) is 56.6 Å². The van der Waals surface area contributed by atoms with Crippen LogP contribution < -0.4 is 38.3 Å². The van der Waals surface area contributed by atoms with Crippen molar-refractivity contribution in [2.75, 3.05) is 63.7 Å². The van der Waals surface area contributed by atoms with Crippen LogP contribution in [0.3, 0.4) is 0 Å². The molecule has 0 spiro atoms. The van der Waals surface area contributed by atoms with Crippen molar-refractivity contribution < 1.29 is 42.6 Å². The molecule has 0 fully saturated rings. The van der Waals surface area contributed by atoms with Gasteiger partial charge in [0.1, 0.15) is 31.1 Å². The normalized spacial score (nSPS) is 11.9. The molecule has 0 saturated heterocycles. The molecule has 3 aromatic rings. The second kappa shape index (κ2) is 14.0. The van der Waals surface area contributed by atoms with Gasteiger partial charge in [-0.25, -0.2) is 0 Å². The van der Waals surface area contributed by atoms with Gasteiger partial charge >= 0.3 is 0 Å². The van der Waals surface area contributed by atoms with Crippen molar-refractivity contribution in [2.24, 2.45) is 0 Å². The summed E-state index contributed by atoms with van der Waals surface area (Å²) in [5.41, 5.74) is 2.78. The van der Waals surface area contributed by atoms with Gasteiger partial charge in [0.2, 0.25) is 0 Å². The highest BCUT2D eigenvalue weighted by Crippen LogP contribution is 2.55. The summed E-state index contributed by atoms with van der Waals surface area (Å²) in [4.78, 5) is 0. The summed E-state index contributed by atoms with van der Waals surface area (Å²) in [6, 6.07) is 9.91. The maximum atomic E-state index is 6.10. The highest BCUT2D eigenvalue weighted by atomic mass is 28.3. The molecule has 222 valence electrons. The van der Waals surface area contributed by atoms with Gasteiger partial charge in [0.15, 0.2) is 29.8 Å². The Labute approximate surface area is 243 Å². The molecule has 0 amide bonds. The van der Waals surface area contributed by atoms with Crippen LogP contribution in [-0.4, -0.2) is 71.7 Å². The largest absolute Gasteiger partial charge is 0.497 e. The molecule has 0 aliphatic heterocycles. The fourth-order valence-corrected chi connectivity index (χ4v) is 6.37. The molecule has 0 aliphatic rings. The van der Waals surface area contributed by atoms with Gasteiger partial charge in [0.25, 0.3) is 0 Å². The van der Waals surface area contributed by atoms with Crippen molar-refractivity contribution in [2.45, 2.75) is 13.1 Å². The molecule has 0 unspecified atom stereocenters. The Morgan fingerprint density at radius 3 is 1.83 bits per heavy atom. The lowest BCUT2D eigenvalue weighted by molar-refractivity contribution is 0.0490. The van der Waals surface area contributed by atoms with Crippen LogP contribution in [0, 0.1) is 0 Å². The van der Waals surface area contributed by atoms with E-state index in [1.807, 2.05) is 24.3 Å². The lowest BCUT2D eigenvalue weighted by atomic mass is 9.99. The van der Waals surface area contributed by atoms with E-state index in [9.17, 15) is 0 Å². The topological polar surface area (TPSA) is 83.1 Å². The van der Waals surface area contributed by atoms with E-state index in [4.69, 9.17) is 42.6 Å². The number of ether oxygens (including phenoxy) is 9. The smallest absolute Gasteiger partial charge is 0.188 e. The van der Waals surface area contributed by atoms with Crippen molar-refractivity contribution >= 4 is 30.1 Å². The van der Waals surface area contributed by atoms with Gasteiger partial charge in [-0.15, -0.1) is 0 Å². The van der Waals surface area contributed by atoms with E-state index in [-0.39, 0.29) is 6.79 Å². The van der Waals surface area contributed by atoms with Gasteiger partial charge in [-0.2, -0.15) is 0 Å². The van der Waals surface area contributed by atoms with Gasteiger partial charge in [-0.1, -0.05) is 36.1 Å². The Morgan fingerprint density at radius 1 is 0.683 bits per heavy atom. The van der Waals surface area contributed by atoms with Crippen LogP contribution in [0.1, 0.15) is 5.56 Å². The maximum Gasteiger partial charge on any atom is 0.188 e. The van der Waals surface area contributed by atoms with Gasteiger partial charge in [-0.3, -0.25) is 0 Å². The predicted molar refractivity (Wildman–Crippen MR) is 163 cm³/mol. The van der Waals surface area contributed by atoms with Crippen molar-refractivity contribution in [1.29, 1.82) is 0 Å². The van der Waals surface area contributed by atoms with Crippen LogP contribution in [0.5, 0.6) is 40.2 Å². The van der Waals surface area contributed by atoms with Crippen molar-refractivity contribution in [1.82, 2.24) is 0 Å². The summed E-state index contributed by atoms with van der Waals surface area (Å²) >= 11 is 0. The van der Waals surface area contributed by atoms with E-state index < -0.39 is 8.07 Å². The maximum absolute atomic E-state index is 6.10. The molecule has 3 rings (SSSR count). The monoisotopic (exact) mass is 584 g/mol. The van der Waals surface area contributed by atoms with Gasteiger partial charge in [0, 0.05) is 13.2 Å². The summed E-state index contributed by atoms with van der Waals surface area (Å²) in [6.45, 7) is 4.48. The minimum Gasteiger partial charge on any atom is -0.497 e. The molecule has 0 N–H and O–H groups in total. The summed E-state index contributed by atoms with van der Waals surface area (Å²) < 4.78 is 51.5. The molecular weight excluding hydrogens is 544 g/mol. The van der Waals surface area contributed by atoms with Crippen molar-refractivity contribution in [3.8, 4) is 40.2 Å². The van der Waals surface area contributed by atoms with Crippen LogP contribution in [0.4, 0.5) is 0 Å². The molecule has 0 radical (unpaired) electrons. The highest BCUT2D eigenvalue weighted by Gasteiger charge is 2.29. The van der Waals surface area contributed by atoms with E-state index in [1.54, 1.807) is 62.9 Å². The molecular formula is C31H40O9Si. The zero-order chi connectivity index (χ0) is 30.2. The molecule has 41 heavy (non-hydrogen) atoms. The van der Waals surface area contributed by atoms with Crippen LogP contribution in [-0.2, 0) is 9.47 Å². The Balaban J connectivity index is 2.33. The quantitative estimate of drug-likeness (QED) is 0.104. The molecule has 10 heteroatoms. The van der Waals surface area contributed by atoms with Crippen molar-refractivity contribution in [3.63, 3.8) is 0 Å². The Kier molecular flexibility index (Phi) is 10.8. The van der Waals surface area contributed by atoms with Crippen LogP contribution >= 0.6 is 0 Å². The van der Waals surface area contributed by atoms with Gasteiger partial charge < -0.3 is 42.6 Å². The number of allylic oxidation sites excluding steroid dienone is 1. The Morgan fingerprint density at radius 2 is 1.32 bits per heavy atom. The molecule has 9 nitrogen and oxygen atoms in total. The fourth-order valence-electron chi connectivity index (χ4n) is 4.57. The summed E-state index contributed by atoms with van der Waals surface area (Å²) in [5, 5.41) is 2.44. The summed E-state index contributed by atoms with van der Waals surface area (Å²) in [6.07, 6.45) is 3.81. The average Bonchev–Trinajstić information content (AvgIpc) is 3.00. The molecule has 0 saturated carbocycles. The number of benzene rings is 3. The molecule has 0 bridgehead atoms. The summed E-state index contributed by atoms with van der Waals surface area (Å²) in [5.74, 6) is 4.06. The molecule has 0 atom stereocenters. The Bertz CT molecular complexity index is 1400. The standard InChI is InChI=1S/C31H40O9Si/c1-32-19-40-29-23(17-21(34-3)15-16-41(9,10)22-13-11-20(33-2)12-14-22)28(37-6)26-24(35-4)18-25(36-5)30(38-7)27(26)31(29)39-8/h11-18H,19H2,1-10H3/b16-15+,21-17-. The SMILES string of the molecule is COCOc1c(/C=C(/C=C/[Si](C)(C)c2ccc(OC)cc2)OC)c(OC)c2c(OC)cc(OC)c(OC)c2c1OC. The summed E-state index contributed by atoms with van der Waals surface area (Å²) in [7, 11) is 10.7. The first kappa shape index (κ1) is 31.5. The minimum absolute atomic E-state index is 0.0369. The number of hydrogen-bond donors (Lipinski definition) is 0. The van der Waals surface area contributed by atoms with E-state index in [1.165, 1.54) is 5.19 Å². The zero-order valence-corrected chi connectivity index (χ0v) is 26.5. The third-order valence-electron chi connectivity index (χ3n) is 6.75. The van der Waals surface area contributed by atoms with E-state index in [0.717, 1.165) is 5.75 Å². The zero-order valence-electron chi connectivity index (χ0n) is 25.5. The first-order valence-electron chi connectivity index (χ1n) is 12.9. The van der Waals surface area contributed by atoms with Crippen molar-refractivity contribution in [3.05, 3.63) is 53.4 Å².